The van der Waals surface area contributed by atoms with Gasteiger partial charge in [0.15, 0.2) is 0 Å². The first-order chi connectivity index (χ1) is 59.0. The van der Waals surface area contributed by atoms with Gasteiger partial charge < -0.3 is 98.1 Å². The van der Waals surface area contributed by atoms with Crippen molar-refractivity contribution in [2.24, 2.45) is 0 Å². The zero-order chi connectivity index (χ0) is 91.9. The molecular formula is C99H130N2O22. The van der Waals surface area contributed by atoms with E-state index in [9.17, 15) is 44.7 Å². The Bertz CT molecular complexity index is 4220. The largest absolute Gasteiger partial charge is 0.497 e. The van der Waals surface area contributed by atoms with E-state index >= 15 is 0 Å². The minimum absolute atomic E-state index is 0.0972. The van der Waals surface area contributed by atoms with Gasteiger partial charge in [-0.15, -0.1) is 0 Å². The molecule has 0 aromatic heterocycles. The molecule has 24 nitrogen and oxygen atoms in total. The van der Waals surface area contributed by atoms with E-state index in [0.29, 0.717) is 88.0 Å². The van der Waals surface area contributed by atoms with Gasteiger partial charge >= 0.3 is 11.9 Å². The summed E-state index contributed by atoms with van der Waals surface area (Å²) in [5, 5.41) is 59.6. The lowest BCUT2D eigenvalue weighted by Gasteiger charge is -2.15. The lowest BCUT2D eigenvalue weighted by atomic mass is 9.93. The van der Waals surface area contributed by atoms with Crippen LogP contribution in [0.2, 0.25) is 0 Å². The molecule has 0 heterocycles. The van der Waals surface area contributed by atoms with Crippen molar-refractivity contribution in [3.05, 3.63) is 290 Å². The summed E-state index contributed by atoms with van der Waals surface area (Å²) in [4.78, 5) is 39.7. The van der Waals surface area contributed by atoms with Crippen LogP contribution in [0.4, 0.5) is 0 Å². The third-order valence-electron chi connectivity index (χ3n) is 17.2. The molecule has 0 spiro atoms. The van der Waals surface area contributed by atoms with E-state index < -0.39 is 36.5 Å². The summed E-state index contributed by atoms with van der Waals surface area (Å²) >= 11 is 0. The molecular weight excluding hydrogens is 1570 g/mol. The number of esters is 1. The number of hydrogen-bond donors (Lipinski definition) is 8. The molecule has 6 unspecified atom stereocenters. The fourth-order valence-corrected chi connectivity index (χ4v) is 9.26. The zero-order valence-corrected chi connectivity index (χ0v) is 74.2. The third-order valence-corrected chi connectivity index (χ3v) is 17.2. The number of aliphatic carboxylic acids is 1. The Labute approximate surface area is 727 Å². The van der Waals surface area contributed by atoms with Gasteiger partial charge in [0, 0.05) is 43.3 Å². The molecule has 0 aliphatic heterocycles. The SMILES string of the molecule is C=C(C)C(=O)NC.C=C(C)C(=O)OC.C=CC(=O)NC.C=CC(=O)O.CCC(O)COc1ccc(-c2ccc(OC)cc2)cc1.CCC(O)COc1ccc(C(C)c2ccc(OC)cc2)cc1.CCC(O)COc1ccc(Cc2ccc(OC)cc2)cc1.CCC(O)COc1ccc(Oc2ccc(OC)cc2)cc1.CCC(O)COc1cccc(OC)c1. The van der Waals surface area contributed by atoms with Gasteiger partial charge in [0.05, 0.1) is 73.2 Å². The molecule has 0 saturated heterocycles. The number of rotatable bonds is 36. The number of likely N-dealkylation sites (N-methyl/N-ethyl adjacent to an activating group) is 2. The summed E-state index contributed by atoms with van der Waals surface area (Å²) < 4.78 is 63.1. The number of amides is 2. The summed E-state index contributed by atoms with van der Waals surface area (Å²) in [5.74, 6) is 8.13. The molecule has 0 fully saturated rings. The number of aliphatic hydroxyl groups is 5. The van der Waals surface area contributed by atoms with E-state index in [1.807, 2.05) is 198 Å². The molecule has 2 amide bonds. The van der Waals surface area contributed by atoms with Gasteiger partial charge in [0.25, 0.3) is 0 Å². The maximum absolute atomic E-state index is 10.3. The molecule has 9 aromatic rings. The number of ether oxygens (including phenoxy) is 12. The smallest absolute Gasteiger partial charge is 0.332 e. The van der Waals surface area contributed by atoms with Crippen LogP contribution in [0.15, 0.2) is 268 Å². The molecule has 0 saturated carbocycles. The molecule has 8 N–H and O–H groups in total. The van der Waals surface area contributed by atoms with Crippen molar-refractivity contribution in [1.82, 2.24) is 10.6 Å². The van der Waals surface area contributed by atoms with Crippen LogP contribution in [0, 0.1) is 0 Å². The monoisotopic (exact) mass is 1700 g/mol. The fourth-order valence-electron chi connectivity index (χ4n) is 9.26. The van der Waals surface area contributed by atoms with Crippen molar-refractivity contribution < 1.29 is 107 Å². The highest BCUT2D eigenvalue weighted by Gasteiger charge is 2.12. The highest BCUT2D eigenvalue weighted by molar-refractivity contribution is 5.91. The van der Waals surface area contributed by atoms with Gasteiger partial charge in [0.1, 0.15) is 102 Å². The molecule has 0 radical (unpaired) electrons. The van der Waals surface area contributed by atoms with Gasteiger partial charge in [-0.1, -0.05) is 147 Å². The molecule has 0 aliphatic carbocycles. The summed E-state index contributed by atoms with van der Waals surface area (Å²) in [7, 11) is 12.7. The van der Waals surface area contributed by atoms with Gasteiger partial charge in [-0.05, 0) is 225 Å². The van der Waals surface area contributed by atoms with Crippen LogP contribution >= 0.6 is 0 Å². The molecule has 9 aromatic carbocycles. The van der Waals surface area contributed by atoms with E-state index in [4.69, 9.17) is 57.2 Å². The van der Waals surface area contributed by atoms with Crippen molar-refractivity contribution in [3.63, 3.8) is 0 Å². The Morgan fingerprint density at radius 1 is 0.366 bits per heavy atom. The zero-order valence-electron chi connectivity index (χ0n) is 74.2. The predicted octanol–water partition coefficient (Wildman–Crippen LogP) is 17.6. The molecule has 6 atom stereocenters. The topological polar surface area (TPSA) is 324 Å². The molecule has 0 aliphatic rings. The van der Waals surface area contributed by atoms with Crippen LogP contribution in [-0.2, 0) is 30.3 Å². The van der Waals surface area contributed by atoms with Crippen LogP contribution in [0.1, 0.15) is 116 Å². The first-order valence-corrected chi connectivity index (χ1v) is 40.1. The number of carbonyl (C=O) groups is 4. The molecule has 9 rings (SSSR count). The number of hydrogen-bond acceptors (Lipinski definition) is 21. The van der Waals surface area contributed by atoms with Crippen LogP contribution in [0.5, 0.6) is 69.0 Å². The van der Waals surface area contributed by atoms with Crippen LogP contribution < -0.4 is 62.7 Å². The minimum Gasteiger partial charge on any atom is -0.497 e. The number of aliphatic hydroxyl groups excluding tert-OH is 5. The highest BCUT2D eigenvalue weighted by Crippen LogP contribution is 2.30. The molecule has 0 bridgehead atoms. The molecule has 24 heteroatoms. The van der Waals surface area contributed by atoms with E-state index in [-0.39, 0.29) is 17.8 Å². The van der Waals surface area contributed by atoms with Crippen molar-refractivity contribution in [2.75, 3.05) is 89.8 Å². The Balaban J connectivity index is 0.000000720. The molecule has 123 heavy (non-hydrogen) atoms. The lowest BCUT2D eigenvalue weighted by molar-refractivity contribution is -0.136. The molecule has 668 valence electrons. The van der Waals surface area contributed by atoms with Crippen LogP contribution in [0.3, 0.4) is 0 Å². The Morgan fingerprint density at radius 2 is 0.634 bits per heavy atom. The number of carboxylic acid groups (broad SMARTS) is 1. The minimum atomic E-state index is -0.981. The van der Waals surface area contributed by atoms with Crippen LogP contribution in [-0.4, -0.2) is 175 Å². The van der Waals surface area contributed by atoms with Crippen molar-refractivity contribution >= 4 is 23.8 Å². The van der Waals surface area contributed by atoms with Gasteiger partial charge in [-0.3, -0.25) is 9.59 Å². The fraction of sp³-hybridized carbons (Fsp3) is 0.333. The Hall–Kier alpha value is -12.6. The van der Waals surface area contributed by atoms with E-state index in [2.05, 4.69) is 97.1 Å². The third kappa shape index (κ3) is 49.1. The van der Waals surface area contributed by atoms with Crippen molar-refractivity contribution in [1.29, 1.82) is 0 Å². The second kappa shape index (κ2) is 65.2. The van der Waals surface area contributed by atoms with E-state index in [0.717, 1.165) is 86.9 Å². The number of benzene rings is 9. The normalized spacial score (nSPS) is 11.3. The van der Waals surface area contributed by atoms with Gasteiger partial charge in [-0.2, -0.15) is 0 Å². The summed E-state index contributed by atoms with van der Waals surface area (Å²) in [6.45, 7) is 29.7. The van der Waals surface area contributed by atoms with E-state index in [1.165, 1.54) is 35.4 Å². The number of methoxy groups -OCH3 is 6. The average Bonchev–Trinajstić information content (AvgIpc) is 0.856. The number of carbonyl (C=O) groups excluding carboxylic acids is 3. The quantitative estimate of drug-likeness (QED) is 0.0134. The second-order valence-electron chi connectivity index (χ2n) is 26.8. The van der Waals surface area contributed by atoms with Gasteiger partial charge in [0.2, 0.25) is 11.8 Å². The van der Waals surface area contributed by atoms with Crippen LogP contribution in [0.25, 0.3) is 11.1 Å². The maximum Gasteiger partial charge on any atom is 0.332 e. The number of carboxylic acids is 1. The maximum atomic E-state index is 10.3. The second-order valence-corrected chi connectivity index (χ2v) is 26.8. The highest BCUT2D eigenvalue weighted by atomic mass is 16.5. The summed E-state index contributed by atoms with van der Waals surface area (Å²) in [6, 6.07) is 70.1. The Kier molecular flexibility index (Phi) is 57.5. The van der Waals surface area contributed by atoms with Gasteiger partial charge in [-0.25, -0.2) is 9.59 Å². The summed E-state index contributed by atoms with van der Waals surface area (Å²) in [5.41, 5.74) is 8.17. The first-order valence-electron chi connectivity index (χ1n) is 40.1. The lowest BCUT2D eigenvalue weighted by Crippen LogP contribution is -2.17. The van der Waals surface area contributed by atoms with E-state index in [1.54, 1.807) is 69.6 Å². The predicted molar refractivity (Wildman–Crippen MR) is 487 cm³/mol. The van der Waals surface area contributed by atoms with Crippen molar-refractivity contribution in [2.45, 2.75) is 130 Å². The Morgan fingerprint density at radius 3 is 0.886 bits per heavy atom. The van der Waals surface area contributed by atoms with Crippen molar-refractivity contribution in [3.8, 4) is 80.1 Å². The first kappa shape index (κ1) is 108. The average molecular weight is 1700 g/mol. The standard InChI is InChI=1S/C19H24O3.C18H22O3.C17H20O4.C17H20O3.C11H16O3.C5H9NO.C5H8O2.C4H7NO.C3H4O2/c1-4-17(20)13-22-19-11-7-16(8-12-19)14(2)15-5-9-18(21-3)10-6-15;1-3-16(19)13-21-18-10-6-15(7-11-18)12-14-4-8-17(20-2)9-5-14;1-3-13(18)12-20-15-6-10-17(11-7-15)21-16-8-4-14(19-2)5-9-16;1-3-15(18)12-20-17-10-6-14(7-11-17)13-4-8-16(19-2)9-5-13;1-3-9(12)8-14-11-6-4-5-10(7-11)13-2;1-4(2)5(7)6-3;1-4(2)5(6)7-3;1-3-4(6)5-2;1-2-3(4)5/h5-12,14,17,20H,4,13H2,1-3H3;4-11,16,19H,3,12-13H2,1-2H3;4-11,13,18H,3,12H2,1-2H3;4-11,15,18H,3,12H2,1-2H3;4-7,9,12H,3,8H2,1-2H3;1H2,2-3H3,(H,6,7);1H2,2-3H3;3H,1H2,2H3,(H,5,6);2H,1H2,(H,4,5). The number of nitrogens with one attached hydrogen (secondary N) is 2. The summed E-state index contributed by atoms with van der Waals surface area (Å²) in [6.07, 6.45) is 4.37.